The normalized spacial score (nSPS) is 16.1. The number of benzene rings is 1. The van der Waals surface area contributed by atoms with Gasteiger partial charge in [0.1, 0.15) is 5.38 Å². The second-order valence-corrected chi connectivity index (χ2v) is 4.69. The number of fused-ring (bicyclic) bond motifs is 1. The van der Waals surface area contributed by atoms with Gasteiger partial charge in [-0.05, 0) is 42.0 Å². The van der Waals surface area contributed by atoms with Crippen molar-refractivity contribution in [3.05, 3.63) is 52.8 Å². The average molecular weight is 233 g/mol. The molecule has 1 atom stereocenters. The van der Waals surface area contributed by atoms with Crippen molar-refractivity contribution in [3.8, 4) is 0 Å². The smallest absolute Gasteiger partial charge is 0.100 e. The van der Waals surface area contributed by atoms with Gasteiger partial charge in [-0.1, -0.05) is 18.2 Å². The Balaban J connectivity index is 1.95. The molecule has 82 valence electrons. The molecule has 16 heavy (non-hydrogen) atoms. The first-order valence-electron chi connectivity index (χ1n) is 5.59. The van der Waals surface area contributed by atoms with Crippen molar-refractivity contribution in [1.82, 2.24) is 10.2 Å². The van der Waals surface area contributed by atoms with E-state index in [2.05, 4.69) is 28.4 Å². The number of hydrogen-bond donors (Lipinski definition) is 1. The second kappa shape index (κ2) is 3.95. The van der Waals surface area contributed by atoms with Crippen LogP contribution in [0.5, 0.6) is 0 Å². The topological polar surface area (TPSA) is 28.7 Å². The van der Waals surface area contributed by atoms with Crippen LogP contribution in [-0.2, 0) is 12.8 Å². The molecular weight excluding hydrogens is 220 g/mol. The summed E-state index contributed by atoms with van der Waals surface area (Å²) in [6.45, 7) is 0. The van der Waals surface area contributed by atoms with E-state index in [-0.39, 0.29) is 5.38 Å². The van der Waals surface area contributed by atoms with Crippen LogP contribution < -0.4 is 0 Å². The van der Waals surface area contributed by atoms with E-state index in [1.807, 2.05) is 6.07 Å². The molecule has 1 unspecified atom stereocenters. The number of aromatic nitrogens is 2. The zero-order valence-corrected chi connectivity index (χ0v) is 9.67. The van der Waals surface area contributed by atoms with Crippen LogP contribution in [0.25, 0.3) is 0 Å². The van der Waals surface area contributed by atoms with E-state index in [0.717, 1.165) is 11.3 Å². The van der Waals surface area contributed by atoms with Gasteiger partial charge in [0, 0.05) is 6.20 Å². The van der Waals surface area contributed by atoms with E-state index in [1.54, 1.807) is 6.20 Å². The van der Waals surface area contributed by atoms with E-state index >= 15 is 0 Å². The van der Waals surface area contributed by atoms with Gasteiger partial charge in [-0.3, -0.25) is 5.10 Å². The Morgan fingerprint density at radius 2 is 2.06 bits per heavy atom. The van der Waals surface area contributed by atoms with Crippen molar-refractivity contribution in [2.75, 3.05) is 0 Å². The van der Waals surface area contributed by atoms with Crippen LogP contribution in [0, 0.1) is 0 Å². The van der Waals surface area contributed by atoms with Crippen molar-refractivity contribution < 1.29 is 0 Å². The maximum absolute atomic E-state index is 6.40. The van der Waals surface area contributed by atoms with Gasteiger partial charge in [-0.15, -0.1) is 11.6 Å². The highest BCUT2D eigenvalue weighted by atomic mass is 35.5. The molecule has 2 nitrogen and oxygen atoms in total. The first-order chi connectivity index (χ1) is 7.84. The van der Waals surface area contributed by atoms with E-state index in [9.17, 15) is 0 Å². The summed E-state index contributed by atoms with van der Waals surface area (Å²) in [6.07, 6.45) is 5.41. The minimum atomic E-state index is -0.117. The molecular formula is C13H13ClN2. The Morgan fingerprint density at radius 1 is 1.19 bits per heavy atom. The summed E-state index contributed by atoms with van der Waals surface area (Å²) in [5.41, 5.74) is 5.06. The van der Waals surface area contributed by atoms with Gasteiger partial charge in [0.05, 0.1) is 5.69 Å². The summed E-state index contributed by atoms with van der Waals surface area (Å²) >= 11 is 6.40. The van der Waals surface area contributed by atoms with E-state index in [0.29, 0.717) is 0 Å². The maximum atomic E-state index is 6.40. The molecule has 0 fully saturated rings. The Labute approximate surface area is 99.6 Å². The molecule has 0 bridgehead atoms. The first kappa shape index (κ1) is 9.91. The number of aryl methyl sites for hydroxylation is 2. The molecule has 0 spiro atoms. The lowest BCUT2D eigenvalue weighted by Gasteiger charge is -2.09. The molecule has 1 aromatic carbocycles. The SMILES string of the molecule is ClC(c1ccc2c(c1)CCC2)c1ccn[nH]1. The molecule has 1 aliphatic carbocycles. The summed E-state index contributed by atoms with van der Waals surface area (Å²) < 4.78 is 0. The summed E-state index contributed by atoms with van der Waals surface area (Å²) in [7, 11) is 0. The van der Waals surface area contributed by atoms with Gasteiger partial charge in [-0.25, -0.2) is 0 Å². The summed E-state index contributed by atoms with van der Waals surface area (Å²) in [6, 6.07) is 8.50. The third kappa shape index (κ3) is 1.63. The third-order valence-electron chi connectivity index (χ3n) is 3.21. The van der Waals surface area contributed by atoms with Gasteiger partial charge < -0.3 is 0 Å². The van der Waals surface area contributed by atoms with Crippen molar-refractivity contribution in [2.24, 2.45) is 0 Å². The molecule has 0 aliphatic heterocycles. The lowest BCUT2D eigenvalue weighted by molar-refractivity contribution is 0.911. The molecule has 1 aromatic heterocycles. The molecule has 1 heterocycles. The highest BCUT2D eigenvalue weighted by Crippen LogP contribution is 2.31. The number of halogens is 1. The summed E-state index contributed by atoms with van der Waals surface area (Å²) in [4.78, 5) is 0. The van der Waals surface area contributed by atoms with Crippen LogP contribution in [0.4, 0.5) is 0 Å². The molecule has 0 radical (unpaired) electrons. The van der Waals surface area contributed by atoms with E-state index in [4.69, 9.17) is 11.6 Å². The Bertz CT molecular complexity index is 491. The minimum Gasteiger partial charge on any atom is -0.281 e. The Hall–Kier alpha value is -1.28. The summed E-state index contributed by atoms with van der Waals surface area (Å²) in [5.74, 6) is 0. The fourth-order valence-electron chi connectivity index (χ4n) is 2.34. The van der Waals surface area contributed by atoms with Gasteiger partial charge in [-0.2, -0.15) is 5.10 Å². The quantitative estimate of drug-likeness (QED) is 0.792. The number of H-pyrrole nitrogens is 1. The predicted molar refractivity (Wildman–Crippen MR) is 64.8 cm³/mol. The molecule has 0 amide bonds. The highest BCUT2D eigenvalue weighted by molar-refractivity contribution is 6.22. The lowest BCUT2D eigenvalue weighted by atomic mass is 10.0. The fourth-order valence-corrected chi connectivity index (χ4v) is 2.59. The molecule has 3 heteroatoms. The summed E-state index contributed by atoms with van der Waals surface area (Å²) in [5, 5.41) is 6.74. The molecule has 1 N–H and O–H groups in total. The minimum absolute atomic E-state index is 0.117. The molecule has 0 saturated heterocycles. The monoisotopic (exact) mass is 232 g/mol. The largest absolute Gasteiger partial charge is 0.281 e. The van der Waals surface area contributed by atoms with E-state index in [1.165, 1.54) is 30.4 Å². The van der Waals surface area contributed by atoms with Crippen LogP contribution in [-0.4, -0.2) is 10.2 Å². The van der Waals surface area contributed by atoms with Crippen LogP contribution in [0.2, 0.25) is 0 Å². The van der Waals surface area contributed by atoms with Gasteiger partial charge in [0.25, 0.3) is 0 Å². The fraction of sp³-hybridized carbons (Fsp3) is 0.308. The Kier molecular flexibility index (Phi) is 2.44. The first-order valence-corrected chi connectivity index (χ1v) is 6.03. The number of rotatable bonds is 2. The van der Waals surface area contributed by atoms with Gasteiger partial charge in [0.15, 0.2) is 0 Å². The second-order valence-electron chi connectivity index (χ2n) is 4.26. The predicted octanol–water partition coefficient (Wildman–Crippen LogP) is 3.23. The van der Waals surface area contributed by atoms with Crippen molar-refractivity contribution >= 4 is 11.6 Å². The highest BCUT2D eigenvalue weighted by Gasteiger charge is 2.16. The lowest BCUT2D eigenvalue weighted by Crippen LogP contribution is -1.95. The zero-order valence-electron chi connectivity index (χ0n) is 8.91. The van der Waals surface area contributed by atoms with Crippen molar-refractivity contribution in [1.29, 1.82) is 0 Å². The number of nitrogens with zero attached hydrogens (tertiary/aromatic N) is 1. The third-order valence-corrected chi connectivity index (χ3v) is 3.70. The van der Waals surface area contributed by atoms with Gasteiger partial charge in [0.2, 0.25) is 0 Å². The zero-order chi connectivity index (χ0) is 11.0. The van der Waals surface area contributed by atoms with Gasteiger partial charge >= 0.3 is 0 Å². The number of alkyl halides is 1. The molecule has 2 aromatic rings. The number of nitrogens with one attached hydrogen (secondary N) is 1. The van der Waals surface area contributed by atoms with Crippen molar-refractivity contribution in [2.45, 2.75) is 24.6 Å². The molecule has 3 rings (SSSR count). The van der Waals surface area contributed by atoms with E-state index < -0.39 is 0 Å². The number of hydrogen-bond acceptors (Lipinski definition) is 1. The van der Waals surface area contributed by atoms with Crippen LogP contribution in [0.3, 0.4) is 0 Å². The van der Waals surface area contributed by atoms with Crippen LogP contribution in [0.15, 0.2) is 30.5 Å². The standard InChI is InChI=1S/C13H13ClN2/c14-13(12-6-7-15-16-12)11-5-4-9-2-1-3-10(9)8-11/h4-8,13H,1-3H2,(H,15,16). The van der Waals surface area contributed by atoms with Crippen LogP contribution in [0.1, 0.15) is 34.2 Å². The number of aromatic amines is 1. The van der Waals surface area contributed by atoms with Crippen molar-refractivity contribution in [3.63, 3.8) is 0 Å². The maximum Gasteiger partial charge on any atom is 0.100 e. The Morgan fingerprint density at radius 3 is 2.88 bits per heavy atom. The molecule has 1 aliphatic rings. The van der Waals surface area contributed by atoms with Crippen LogP contribution >= 0.6 is 11.6 Å². The average Bonchev–Trinajstić information content (AvgIpc) is 2.98. The molecule has 0 saturated carbocycles.